The van der Waals surface area contributed by atoms with E-state index in [1.54, 1.807) is 0 Å². The van der Waals surface area contributed by atoms with Gasteiger partial charge in [-0.1, -0.05) is 225 Å². The maximum Gasteiger partial charge on any atom is 0.157 e. The molecule has 0 rings (SSSR count). The lowest BCUT2D eigenvalue weighted by Crippen LogP contribution is -2.27. The van der Waals surface area contributed by atoms with Gasteiger partial charge in [-0.15, -0.1) is 0 Å². The van der Waals surface area contributed by atoms with Crippen LogP contribution in [0.5, 0.6) is 0 Å². The molecule has 0 aliphatic heterocycles. The summed E-state index contributed by atoms with van der Waals surface area (Å²) in [5, 5.41) is 0. The van der Waals surface area contributed by atoms with Gasteiger partial charge in [0.2, 0.25) is 0 Å². The summed E-state index contributed by atoms with van der Waals surface area (Å²) in [4.78, 5) is 0. The molecule has 0 saturated carbocycles. The average molecular weight is 647 g/mol. The molecule has 0 fully saturated rings. The van der Waals surface area contributed by atoms with Gasteiger partial charge in [-0.05, 0) is 19.3 Å². The third-order valence-electron chi connectivity index (χ3n) is 9.30. The van der Waals surface area contributed by atoms with Gasteiger partial charge in [-0.3, -0.25) is 0 Å². The summed E-state index contributed by atoms with van der Waals surface area (Å²) in [5.41, 5.74) is -0.303. The lowest BCUT2D eigenvalue weighted by Gasteiger charge is -2.22. The van der Waals surface area contributed by atoms with Gasteiger partial charge in [-0.2, -0.15) is 0 Å². The molecule has 0 aromatic carbocycles. The Balaban J connectivity index is 0. The highest BCUT2D eigenvalue weighted by atomic mass is 35.5. The minimum atomic E-state index is -0.303. The summed E-state index contributed by atoms with van der Waals surface area (Å²) in [6.45, 7) is 8.34. The van der Waals surface area contributed by atoms with E-state index >= 15 is 0 Å². The molecule has 0 aromatic rings. The first-order valence-electron chi connectivity index (χ1n) is 20.1. The topological polar surface area (TPSA) is 53.5 Å². The van der Waals surface area contributed by atoms with Crippen molar-refractivity contribution in [3.05, 3.63) is 0 Å². The zero-order valence-corrected chi connectivity index (χ0v) is 31.6. The van der Waals surface area contributed by atoms with E-state index in [1.807, 2.05) is 0 Å². The Hall–Kier alpha value is 0.170. The number of hydrogen-bond acceptors (Lipinski definition) is 3. The Morgan fingerprint density at radius 2 is 0.568 bits per heavy atom. The zero-order chi connectivity index (χ0) is 31.3. The summed E-state index contributed by atoms with van der Waals surface area (Å²) in [6, 6.07) is 0. The summed E-state index contributed by atoms with van der Waals surface area (Å²) in [7, 11) is 0. The first-order valence-corrected chi connectivity index (χ1v) is 20.6. The molecule has 0 saturated heterocycles. The van der Waals surface area contributed by atoms with Crippen LogP contribution >= 0.6 is 11.6 Å². The van der Waals surface area contributed by atoms with Crippen molar-refractivity contribution in [1.29, 1.82) is 0 Å². The van der Waals surface area contributed by atoms with Gasteiger partial charge in [-0.25, -0.2) is 0 Å². The minimum Gasteiger partial charge on any atom is -0.374 e. The number of ether oxygens (including phenoxy) is 2. The quantitative estimate of drug-likeness (QED) is 0.0536. The van der Waals surface area contributed by atoms with Crippen LogP contribution in [0.4, 0.5) is 0 Å². The lowest BCUT2D eigenvalue weighted by atomic mass is 10.0. The Kier molecular flexibility index (Phi) is 43.3. The van der Waals surface area contributed by atoms with E-state index in [-0.39, 0.29) is 17.8 Å². The Morgan fingerprint density at radius 1 is 0.341 bits per heavy atom. The number of rotatable bonds is 38. The number of halogens is 1. The average Bonchev–Trinajstić information content (AvgIpc) is 3.02. The standard InChI is InChI=1S/C40H81ClO2.H3N/c1-4-7-9-11-13-15-17-19-21-23-25-27-29-31-33-35-37-42-39(6-3)40(41)43-38-36-34-32-30-28-26-24-22-20-18-16-14-12-10-8-5-2;/h39-40H,4-38H2,1-3H3;1H3. The van der Waals surface area contributed by atoms with Crippen LogP contribution in [0, 0.1) is 0 Å². The van der Waals surface area contributed by atoms with Crippen molar-refractivity contribution in [1.82, 2.24) is 6.15 Å². The molecule has 0 spiro atoms. The zero-order valence-electron chi connectivity index (χ0n) is 30.8. The van der Waals surface area contributed by atoms with E-state index < -0.39 is 0 Å². The fourth-order valence-electron chi connectivity index (χ4n) is 6.22. The smallest absolute Gasteiger partial charge is 0.157 e. The summed E-state index contributed by atoms with van der Waals surface area (Å²) in [5.74, 6) is 0. The third kappa shape index (κ3) is 36.6. The molecular formula is C40H84ClNO2. The van der Waals surface area contributed by atoms with Crippen LogP contribution < -0.4 is 6.15 Å². The highest BCUT2D eigenvalue weighted by Gasteiger charge is 2.18. The highest BCUT2D eigenvalue weighted by Crippen LogP contribution is 2.17. The predicted molar refractivity (Wildman–Crippen MR) is 200 cm³/mol. The molecule has 0 aromatic heterocycles. The van der Waals surface area contributed by atoms with Crippen molar-refractivity contribution in [2.24, 2.45) is 0 Å². The molecule has 0 aliphatic carbocycles. The summed E-state index contributed by atoms with van der Waals surface area (Å²) < 4.78 is 12.0. The fourth-order valence-corrected chi connectivity index (χ4v) is 6.56. The SMILES string of the molecule is CCCCCCCCCCCCCCCCCCOC(Cl)C(CC)OCCCCCCCCCCCCCCCCCC.N. The van der Waals surface area contributed by atoms with Crippen molar-refractivity contribution < 1.29 is 9.47 Å². The first kappa shape index (κ1) is 46.3. The van der Waals surface area contributed by atoms with Gasteiger partial charge >= 0.3 is 0 Å². The molecule has 0 bridgehead atoms. The van der Waals surface area contributed by atoms with Gasteiger partial charge in [0.15, 0.2) is 5.56 Å². The van der Waals surface area contributed by atoms with Gasteiger partial charge in [0.1, 0.15) is 0 Å². The summed E-state index contributed by atoms with van der Waals surface area (Å²) in [6.07, 6.45) is 45.7. The van der Waals surface area contributed by atoms with Gasteiger partial charge in [0.05, 0.1) is 6.10 Å². The first-order chi connectivity index (χ1) is 21.3. The predicted octanol–water partition coefficient (Wildman–Crippen LogP) is 15.0. The van der Waals surface area contributed by atoms with E-state index in [0.717, 1.165) is 32.5 Å². The van der Waals surface area contributed by atoms with Crippen molar-refractivity contribution in [3.63, 3.8) is 0 Å². The number of hydrogen-bond donors (Lipinski definition) is 1. The molecule has 0 heterocycles. The van der Waals surface area contributed by atoms with Crippen molar-refractivity contribution in [3.8, 4) is 0 Å². The number of unbranched alkanes of at least 4 members (excludes halogenated alkanes) is 30. The van der Waals surface area contributed by atoms with E-state index in [0.29, 0.717) is 0 Å². The molecule has 0 amide bonds. The molecule has 3 nitrogen and oxygen atoms in total. The van der Waals surface area contributed by atoms with E-state index in [1.165, 1.54) is 193 Å². The van der Waals surface area contributed by atoms with Crippen LogP contribution in [-0.2, 0) is 9.47 Å². The molecule has 268 valence electrons. The minimum absolute atomic E-state index is 0. The van der Waals surface area contributed by atoms with Gasteiger partial charge in [0, 0.05) is 13.2 Å². The highest BCUT2D eigenvalue weighted by molar-refractivity contribution is 6.20. The molecule has 2 atom stereocenters. The van der Waals surface area contributed by atoms with E-state index in [4.69, 9.17) is 21.1 Å². The largest absolute Gasteiger partial charge is 0.374 e. The second-order valence-corrected chi connectivity index (χ2v) is 14.1. The maximum atomic E-state index is 6.55. The monoisotopic (exact) mass is 646 g/mol. The molecule has 44 heavy (non-hydrogen) atoms. The number of alkyl halides is 1. The van der Waals surface area contributed by atoms with E-state index in [2.05, 4.69) is 20.8 Å². The third-order valence-corrected chi connectivity index (χ3v) is 9.71. The molecule has 3 N–H and O–H groups in total. The van der Waals surface area contributed by atoms with Crippen molar-refractivity contribution >= 4 is 11.6 Å². The maximum absolute atomic E-state index is 6.55. The second kappa shape index (κ2) is 41.2. The summed E-state index contributed by atoms with van der Waals surface area (Å²) >= 11 is 6.55. The molecule has 4 heteroatoms. The van der Waals surface area contributed by atoms with Crippen LogP contribution in [0.25, 0.3) is 0 Å². The Labute approximate surface area is 284 Å². The fraction of sp³-hybridized carbons (Fsp3) is 1.00. The van der Waals surface area contributed by atoms with Crippen LogP contribution in [0.1, 0.15) is 233 Å². The van der Waals surface area contributed by atoms with Crippen LogP contribution in [-0.4, -0.2) is 24.9 Å². The Morgan fingerprint density at radius 3 is 0.818 bits per heavy atom. The molecule has 2 unspecified atom stereocenters. The van der Waals surface area contributed by atoms with Crippen LogP contribution in [0.15, 0.2) is 0 Å². The normalized spacial score (nSPS) is 12.8. The van der Waals surface area contributed by atoms with Gasteiger partial charge in [0.25, 0.3) is 0 Å². The van der Waals surface area contributed by atoms with E-state index in [9.17, 15) is 0 Å². The van der Waals surface area contributed by atoms with Gasteiger partial charge < -0.3 is 15.6 Å². The second-order valence-electron chi connectivity index (χ2n) is 13.6. The van der Waals surface area contributed by atoms with Crippen LogP contribution in [0.2, 0.25) is 0 Å². The molecular weight excluding hydrogens is 562 g/mol. The lowest BCUT2D eigenvalue weighted by molar-refractivity contribution is -0.0401. The van der Waals surface area contributed by atoms with Crippen molar-refractivity contribution in [2.75, 3.05) is 13.2 Å². The molecule has 0 radical (unpaired) electrons. The Bertz CT molecular complexity index is 492. The van der Waals surface area contributed by atoms with Crippen LogP contribution in [0.3, 0.4) is 0 Å². The van der Waals surface area contributed by atoms with Crippen molar-refractivity contribution in [2.45, 2.75) is 244 Å². The molecule has 0 aliphatic rings.